The predicted molar refractivity (Wildman–Crippen MR) is 79.3 cm³/mol. The maximum absolute atomic E-state index is 10.7. The van der Waals surface area contributed by atoms with Crippen LogP contribution in [-0.4, -0.2) is 22.7 Å². The van der Waals surface area contributed by atoms with Crippen LogP contribution >= 0.6 is 22.7 Å². The first-order chi connectivity index (χ1) is 9.57. The highest BCUT2D eigenvalue weighted by molar-refractivity contribution is 7.16. The number of carboxylic acids is 1. The Morgan fingerprint density at radius 2 is 2.40 bits per heavy atom. The number of nitrogens with zero attached hydrogens (tertiary/aromatic N) is 1. The molecule has 1 aliphatic rings. The molecule has 3 rings (SSSR count). The van der Waals surface area contributed by atoms with E-state index in [0.29, 0.717) is 0 Å². The third-order valence-corrected chi connectivity index (χ3v) is 5.61. The molecule has 0 amide bonds. The van der Waals surface area contributed by atoms with Crippen LogP contribution in [0, 0.1) is 0 Å². The van der Waals surface area contributed by atoms with E-state index < -0.39 is 5.97 Å². The van der Waals surface area contributed by atoms with Crippen molar-refractivity contribution in [2.24, 2.45) is 0 Å². The summed E-state index contributed by atoms with van der Waals surface area (Å²) in [6.07, 6.45) is 2.16. The van der Waals surface area contributed by atoms with Gasteiger partial charge in [-0.25, -0.2) is 4.98 Å². The van der Waals surface area contributed by atoms with Crippen molar-refractivity contribution < 1.29 is 14.6 Å². The second kappa shape index (κ2) is 5.27. The molecule has 0 aliphatic carbocycles. The van der Waals surface area contributed by atoms with E-state index in [1.54, 1.807) is 11.3 Å². The maximum atomic E-state index is 10.7. The van der Waals surface area contributed by atoms with E-state index in [1.165, 1.54) is 11.3 Å². The van der Waals surface area contributed by atoms with Crippen LogP contribution in [0.4, 0.5) is 0 Å². The average molecular weight is 309 g/mol. The Morgan fingerprint density at radius 3 is 3.10 bits per heavy atom. The van der Waals surface area contributed by atoms with Gasteiger partial charge in [-0.1, -0.05) is 0 Å². The Labute approximate surface area is 125 Å². The molecule has 1 N–H and O–H groups in total. The Morgan fingerprint density at radius 1 is 1.55 bits per heavy atom. The smallest absolute Gasteiger partial charge is 0.308 e. The van der Waals surface area contributed by atoms with Gasteiger partial charge in [0.1, 0.15) is 10.6 Å². The molecule has 0 saturated carbocycles. The molecule has 4 nitrogen and oxygen atoms in total. The second-order valence-corrected chi connectivity index (χ2v) is 7.08. The minimum Gasteiger partial charge on any atom is -0.481 e. The van der Waals surface area contributed by atoms with Gasteiger partial charge < -0.3 is 9.84 Å². The first-order valence-corrected chi connectivity index (χ1v) is 8.17. The van der Waals surface area contributed by atoms with Gasteiger partial charge in [-0.05, 0) is 31.9 Å². The zero-order valence-corrected chi connectivity index (χ0v) is 12.7. The number of hydrogen-bond acceptors (Lipinski definition) is 5. The first kappa shape index (κ1) is 13.7. The predicted octanol–water partition coefficient (Wildman–Crippen LogP) is 3.52. The SMILES string of the molecule is CC1(c2nc(-c3ccc(CC(=O)O)s3)cs2)CCCO1. The van der Waals surface area contributed by atoms with E-state index >= 15 is 0 Å². The van der Waals surface area contributed by atoms with Crippen LogP contribution < -0.4 is 0 Å². The van der Waals surface area contributed by atoms with Gasteiger partial charge in [0, 0.05) is 16.9 Å². The molecular weight excluding hydrogens is 294 g/mol. The van der Waals surface area contributed by atoms with Crippen LogP contribution in [0.2, 0.25) is 0 Å². The monoisotopic (exact) mass is 309 g/mol. The summed E-state index contributed by atoms with van der Waals surface area (Å²) < 4.78 is 5.81. The Hall–Kier alpha value is -1.24. The number of ether oxygens (including phenoxy) is 1. The van der Waals surface area contributed by atoms with Crippen LogP contribution in [-0.2, 0) is 21.6 Å². The molecule has 20 heavy (non-hydrogen) atoms. The molecule has 3 heterocycles. The summed E-state index contributed by atoms with van der Waals surface area (Å²) in [6, 6.07) is 3.81. The minimum atomic E-state index is -0.802. The summed E-state index contributed by atoms with van der Waals surface area (Å²) in [4.78, 5) is 17.3. The van der Waals surface area contributed by atoms with E-state index in [0.717, 1.165) is 39.9 Å². The quantitative estimate of drug-likeness (QED) is 0.938. The lowest BCUT2D eigenvalue weighted by molar-refractivity contribution is -0.136. The van der Waals surface area contributed by atoms with E-state index in [2.05, 4.69) is 11.9 Å². The Balaban J connectivity index is 1.83. The lowest BCUT2D eigenvalue weighted by Gasteiger charge is -2.19. The fourth-order valence-corrected chi connectivity index (χ4v) is 4.34. The van der Waals surface area contributed by atoms with E-state index in [-0.39, 0.29) is 12.0 Å². The van der Waals surface area contributed by atoms with Crippen molar-refractivity contribution in [2.45, 2.75) is 31.8 Å². The highest BCUT2D eigenvalue weighted by Crippen LogP contribution is 2.39. The first-order valence-electron chi connectivity index (χ1n) is 6.48. The van der Waals surface area contributed by atoms with Gasteiger partial charge in [0.2, 0.25) is 0 Å². The molecular formula is C14H15NO3S2. The third kappa shape index (κ3) is 2.63. The number of carbonyl (C=O) groups is 1. The largest absolute Gasteiger partial charge is 0.481 e. The van der Waals surface area contributed by atoms with Crippen molar-refractivity contribution in [3.63, 3.8) is 0 Å². The van der Waals surface area contributed by atoms with Crippen LogP contribution in [0.3, 0.4) is 0 Å². The van der Waals surface area contributed by atoms with Gasteiger partial charge in [0.05, 0.1) is 17.0 Å². The molecule has 0 radical (unpaired) electrons. The van der Waals surface area contributed by atoms with Crippen LogP contribution in [0.15, 0.2) is 17.5 Å². The molecule has 106 valence electrons. The van der Waals surface area contributed by atoms with Gasteiger partial charge in [-0.15, -0.1) is 22.7 Å². The van der Waals surface area contributed by atoms with Crippen molar-refractivity contribution in [1.82, 2.24) is 4.98 Å². The molecule has 0 bridgehead atoms. The van der Waals surface area contributed by atoms with Gasteiger partial charge in [0.25, 0.3) is 0 Å². The molecule has 1 aliphatic heterocycles. The highest BCUT2D eigenvalue weighted by atomic mass is 32.1. The number of carboxylic acid groups (broad SMARTS) is 1. The van der Waals surface area contributed by atoms with E-state index in [4.69, 9.17) is 9.84 Å². The normalized spacial score (nSPS) is 22.2. The standard InChI is InChI=1S/C14H15NO3S2/c1-14(5-2-6-18-14)13-15-10(8-19-13)11-4-3-9(20-11)7-12(16)17/h3-4,8H,2,5-7H2,1H3,(H,16,17). The van der Waals surface area contributed by atoms with Crippen molar-refractivity contribution in [3.05, 3.63) is 27.4 Å². The molecule has 2 aromatic heterocycles. The molecule has 6 heteroatoms. The molecule has 0 spiro atoms. The molecule has 1 unspecified atom stereocenters. The zero-order valence-electron chi connectivity index (χ0n) is 11.1. The van der Waals surface area contributed by atoms with Crippen molar-refractivity contribution in [1.29, 1.82) is 0 Å². The average Bonchev–Trinajstić information content (AvgIpc) is 3.06. The van der Waals surface area contributed by atoms with E-state index in [9.17, 15) is 4.79 Å². The van der Waals surface area contributed by atoms with E-state index in [1.807, 2.05) is 17.5 Å². The fraction of sp³-hybridized carbons (Fsp3) is 0.429. The topological polar surface area (TPSA) is 59.4 Å². The number of thiazole rings is 1. The summed E-state index contributed by atoms with van der Waals surface area (Å²) in [7, 11) is 0. The summed E-state index contributed by atoms with van der Waals surface area (Å²) in [5, 5.41) is 11.8. The number of hydrogen-bond donors (Lipinski definition) is 1. The summed E-state index contributed by atoms with van der Waals surface area (Å²) in [5.74, 6) is -0.802. The van der Waals surface area contributed by atoms with Crippen molar-refractivity contribution in [2.75, 3.05) is 6.61 Å². The number of rotatable bonds is 4. The van der Waals surface area contributed by atoms with Crippen molar-refractivity contribution in [3.8, 4) is 10.6 Å². The second-order valence-electron chi connectivity index (χ2n) is 5.06. The summed E-state index contributed by atoms with van der Waals surface area (Å²) >= 11 is 3.11. The number of aliphatic carboxylic acids is 1. The molecule has 1 saturated heterocycles. The van der Waals surface area contributed by atoms with Crippen LogP contribution in [0.5, 0.6) is 0 Å². The molecule has 0 aromatic carbocycles. The summed E-state index contributed by atoms with van der Waals surface area (Å²) in [5.41, 5.74) is 0.674. The van der Waals surface area contributed by atoms with Gasteiger partial charge in [-0.3, -0.25) is 4.79 Å². The minimum absolute atomic E-state index is 0.0719. The lowest BCUT2D eigenvalue weighted by atomic mass is 10.0. The fourth-order valence-electron chi connectivity index (χ4n) is 2.34. The highest BCUT2D eigenvalue weighted by Gasteiger charge is 2.34. The molecule has 1 fully saturated rings. The Kier molecular flexibility index (Phi) is 3.62. The maximum Gasteiger partial charge on any atom is 0.308 e. The molecule has 2 aromatic rings. The Bertz CT molecular complexity index is 626. The van der Waals surface area contributed by atoms with Gasteiger partial charge in [0.15, 0.2) is 0 Å². The van der Waals surface area contributed by atoms with Gasteiger partial charge >= 0.3 is 5.97 Å². The van der Waals surface area contributed by atoms with Crippen LogP contribution in [0.25, 0.3) is 10.6 Å². The summed E-state index contributed by atoms with van der Waals surface area (Å²) in [6.45, 7) is 2.89. The zero-order chi connectivity index (χ0) is 14.2. The molecule has 1 atom stereocenters. The van der Waals surface area contributed by atoms with Gasteiger partial charge in [-0.2, -0.15) is 0 Å². The van der Waals surface area contributed by atoms with Crippen molar-refractivity contribution >= 4 is 28.6 Å². The lowest BCUT2D eigenvalue weighted by Crippen LogP contribution is -2.19. The van der Waals surface area contributed by atoms with Crippen LogP contribution in [0.1, 0.15) is 29.7 Å². The number of thiophene rings is 1. The third-order valence-electron chi connectivity index (χ3n) is 3.41. The number of aromatic nitrogens is 1.